The molecular weight excluding hydrogens is 404 g/mol. The molecule has 0 aromatic carbocycles. The Morgan fingerprint density at radius 3 is 2.12 bits per heavy atom. The molecule has 0 fully saturated rings. The molecule has 0 aliphatic carbocycles. The van der Waals surface area contributed by atoms with Gasteiger partial charge in [0.25, 0.3) is 10.1 Å². The Hall–Kier alpha value is -0.500. The Morgan fingerprint density at radius 2 is 1.60 bits per heavy atom. The van der Waals surface area contributed by atoms with Gasteiger partial charge in [-0.3, -0.25) is 9.54 Å². The molecule has 0 aliphatic heterocycles. The smallest absolute Gasteiger partial charge is 0.264 e. The fraction of sp³-hybridized carbons (Fsp3) is 0.722. The third-order valence-corrected chi connectivity index (χ3v) is 4.83. The minimum Gasteiger partial charge on any atom is -0.313 e. The standard InChI is InChI=1S/C16H27BrN2.C2H6O3S/c1-2-3-4-5-6-7-8-9-10-18-12-15-11-16(17)14-19-13-15;1-2-6(3,4)5/h11,13-14,18H,2-10,12H2,1H3;2H2,1H3,(H,3,4,5). The summed E-state index contributed by atoms with van der Waals surface area (Å²) in [7, 11) is -3.66. The summed E-state index contributed by atoms with van der Waals surface area (Å²) in [6.07, 6.45) is 14.8. The van der Waals surface area contributed by atoms with E-state index >= 15 is 0 Å². The molecule has 0 aliphatic rings. The molecule has 25 heavy (non-hydrogen) atoms. The average Bonchev–Trinajstić information content (AvgIpc) is 2.56. The number of rotatable bonds is 12. The Bertz CT molecular complexity index is 539. The van der Waals surface area contributed by atoms with Gasteiger partial charge < -0.3 is 5.32 Å². The van der Waals surface area contributed by atoms with Crippen LogP contribution in [-0.2, 0) is 16.7 Å². The van der Waals surface area contributed by atoms with Gasteiger partial charge >= 0.3 is 0 Å². The summed E-state index contributed by atoms with van der Waals surface area (Å²) in [6, 6.07) is 2.12. The number of hydrogen-bond donors (Lipinski definition) is 2. The van der Waals surface area contributed by atoms with Gasteiger partial charge in [0.05, 0.1) is 5.75 Å². The first-order valence-electron chi connectivity index (χ1n) is 9.14. The van der Waals surface area contributed by atoms with Crippen molar-refractivity contribution in [2.24, 2.45) is 0 Å². The van der Waals surface area contributed by atoms with Crippen LogP contribution < -0.4 is 5.32 Å². The van der Waals surface area contributed by atoms with Crippen LogP contribution in [0, 0.1) is 0 Å². The first-order valence-corrected chi connectivity index (χ1v) is 11.5. The maximum atomic E-state index is 9.56. The van der Waals surface area contributed by atoms with Crippen molar-refractivity contribution >= 4 is 26.0 Å². The van der Waals surface area contributed by atoms with Crippen LogP contribution in [0.25, 0.3) is 0 Å². The second-order valence-electron chi connectivity index (χ2n) is 6.03. The summed E-state index contributed by atoms with van der Waals surface area (Å²) >= 11 is 3.44. The SMILES string of the molecule is CCCCCCCCCCNCc1cncc(Br)c1.CCS(=O)(=O)O. The maximum Gasteiger partial charge on any atom is 0.264 e. The van der Waals surface area contributed by atoms with Crippen LogP contribution in [0.15, 0.2) is 22.9 Å². The van der Waals surface area contributed by atoms with Gasteiger partial charge in [-0.1, -0.05) is 51.9 Å². The summed E-state index contributed by atoms with van der Waals surface area (Å²) in [4.78, 5) is 4.16. The number of nitrogens with one attached hydrogen (secondary N) is 1. The van der Waals surface area contributed by atoms with Crippen molar-refractivity contribution in [1.29, 1.82) is 0 Å². The molecule has 146 valence electrons. The zero-order chi connectivity index (χ0) is 19.0. The fourth-order valence-electron chi connectivity index (χ4n) is 2.17. The lowest BCUT2D eigenvalue weighted by atomic mass is 10.1. The minimum absolute atomic E-state index is 0.201. The lowest BCUT2D eigenvalue weighted by Gasteiger charge is -2.05. The topological polar surface area (TPSA) is 79.3 Å². The molecule has 1 heterocycles. The highest BCUT2D eigenvalue weighted by Crippen LogP contribution is 2.10. The molecule has 0 unspecified atom stereocenters. The summed E-state index contributed by atoms with van der Waals surface area (Å²) in [5.41, 5.74) is 1.24. The molecule has 5 nitrogen and oxygen atoms in total. The molecule has 0 atom stereocenters. The normalized spacial score (nSPS) is 11.0. The van der Waals surface area contributed by atoms with Crippen LogP contribution in [0.3, 0.4) is 0 Å². The number of pyridine rings is 1. The summed E-state index contributed by atoms with van der Waals surface area (Å²) in [6.45, 7) is 5.67. The summed E-state index contributed by atoms with van der Waals surface area (Å²) in [5, 5.41) is 3.48. The molecule has 1 aromatic rings. The molecule has 7 heteroatoms. The van der Waals surface area contributed by atoms with E-state index in [0.29, 0.717) is 0 Å². The number of nitrogens with zero attached hydrogens (tertiary/aromatic N) is 1. The van der Waals surface area contributed by atoms with Crippen molar-refractivity contribution in [2.75, 3.05) is 12.3 Å². The zero-order valence-electron chi connectivity index (χ0n) is 15.5. The van der Waals surface area contributed by atoms with Gasteiger partial charge in [0.2, 0.25) is 0 Å². The number of halogens is 1. The molecule has 0 saturated heterocycles. The maximum absolute atomic E-state index is 9.56. The van der Waals surface area contributed by atoms with E-state index in [2.05, 4.69) is 39.2 Å². The van der Waals surface area contributed by atoms with Crippen LogP contribution in [0.1, 0.15) is 70.8 Å². The van der Waals surface area contributed by atoms with E-state index in [1.807, 2.05) is 12.4 Å². The first kappa shape index (κ1) is 24.5. The van der Waals surface area contributed by atoms with Gasteiger partial charge in [0.15, 0.2) is 0 Å². The van der Waals surface area contributed by atoms with Gasteiger partial charge in [0.1, 0.15) is 0 Å². The molecule has 0 saturated carbocycles. The quantitative estimate of drug-likeness (QED) is 0.357. The van der Waals surface area contributed by atoms with E-state index in [4.69, 9.17) is 4.55 Å². The monoisotopic (exact) mass is 436 g/mol. The van der Waals surface area contributed by atoms with Crippen molar-refractivity contribution in [1.82, 2.24) is 10.3 Å². The number of hydrogen-bond acceptors (Lipinski definition) is 4. The van der Waals surface area contributed by atoms with Crippen molar-refractivity contribution < 1.29 is 13.0 Å². The Balaban J connectivity index is 0.000000823. The Morgan fingerprint density at radius 1 is 1.04 bits per heavy atom. The van der Waals surface area contributed by atoms with Gasteiger partial charge in [-0.25, -0.2) is 0 Å². The van der Waals surface area contributed by atoms with Crippen molar-refractivity contribution in [3.05, 3.63) is 28.5 Å². The molecule has 0 spiro atoms. The predicted molar refractivity (Wildman–Crippen MR) is 108 cm³/mol. The van der Waals surface area contributed by atoms with Crippen LogP contribution in [-0.4, -0.2) is 30.3 Å². The Labute approximate surface area is 161 Å². The van der Waals surface area contributed by atoms with Crippen LogP contribution in [0.5, 0.6) is 0 Å². The average molecular weight is 437 g/mol. The van der Waals surface area contributed by atoms with Gasteiger partial charge in [-0.05, 0) is 47.4 Å². The largest absolute Gasteiger partial charge is 0.313 e. The second kappa shape index (κ2) is 15.7. The van der Waals surface area contributed by atoms with Crippen LogP contribution >= 0.6 is 15.9 Å². The number of unbranched alkanes of at least 4 members (excludes halogenated alkanes) is 7. The predicted octanol–water partition coefficient (Wildman–Crippen LogP) is 4.97. The Kier molecular flexibility index (Phi) is 15.4. The molecule has 2 N–H and O–H groups in total. The molecule has 1 aromatic heterocycles. The van der Waals surface area contributed by atoms with Crippen molar-refractivity contribution in [3.8, 4) is 0 Å². The lowest BCUT2D eigenvalue weighted by Crippen LogP contribution is -2.14. The van der Waals surface area contributed by atoms with Crippen molar-refractivity contribution in [3.63, 3.8) is 0 Å². The van der Waals surface area contributed by atoms with Gasteiger partial charge in [0, 0.05) is 23.4 Å². The zero-order valence-corrected chi connectivity index (χ0v) is 17.9. The van der Waals surface area contributed by atoms with Gasteiger partial charge in [-0.15, -0.1) is 0 Å². The number of aromatic nitrogens is 1. The lowest BCUT2D eigenvalue weighted by molar-refractivity contribution is 0.484. The van der Waals surface area contributed by atoms with E-state index in [-0.39, 0.29) is 5.75 Å². The highest BCUT2D eigenvalue weighted by molar-refractivity contribution is 9.10. The molecule has 0 bridgehead atoms. The third-order valence-electron chi connectivity index (χ3n) is 3.66. The van der Waals surface area contributed by atoms with E-state index in [1.165, 1.54) is 63.9 Å². The highest BCUT2D eigenvalue weighted by Gasteiger charge is 1.95. The molecule has 1 rings (SSSR count). The highest BCUT2D eigenvalue weighted by atomic mass is 79.9. The van der Waals surface area contributed by atoms with Crippen molar-refractivity contribution in [2.45, 2.75) is 71.8 Å². The molecule has 0 radical (unpaired) electrons. The van der Waals surface area contributed by atoms with Crippen LogP contribution in [0.4, 0.5) is 0 Å². The minimum atomic E-state index is -3.66. The molecular formula is C18H33BrN2O3S. The van der Waals surface area contributed by atoms with E-state index in [9.17, 15) is 8.42 Å². The van der Waals surface area contributed by atoms with E-state index in [0.717, 1.165) is 17.6 Å². The molecule has 0 amide bonds. The van der Waals surface area contributed by atoms with Crippen LogP contribution in [0.2, 0.25) is 0 Å². The summed E-state index contributed by atoms with van der Waals surface area (Å²) < 4.78 is 28.0. The van der Waals surface area contributed by atoms with Gasteiger partial charge in [-0.2, -0.15) is 8.42 Å². The van der Waals surface area contributed by atoms with E-state index in [1.54, 1.807) is 0 Å². The first-order chi connectivity index (χ1) is 11.9. The third kappa shape index (κ3) is 18.1. The van der Waals surface area contributed by atoms with E-state index < -0.39 is 10.1 Å². The summed E-state index contributed by atoms with van der Waals surface area (Å²) in [5.74, 6) is -0.201. The second-order valence-corrected chi connectivity index (χ2v) is 8.69. The fourth-order valence-corrected chi connectivity index (χ4v) is 2.58.